The van der Waals surface area contributed by atoms with Gasteiger partial charge in [0, 0.05) is 6.04 Å². The summed E-state index contributed by atoms with van der Waals surface area (Å²) in [5, 5.41) is 9.33. The molecule has 1 aliphatic rings. The van der Waals surface area contributed by atoms with Gasteiger partial charge in [0.25, 0.3) is 5.91 Å². The van der Waals surface area contributed by atoms with E-state index in [4.69, 9.17) is 14.5 Å². The van der Waals surface area contributed by atoms with Gasteiger partial charge in [0.2, 0.25) is 0 Å². The second-order valence-corrected chi connectivity index (χ2v) is 7.86. The molecule has 1 amide bonds. The predicted molar refractivity (Wildman–Crippen MR) is 86.1 cm³/mol. The summed E-state index contributed by atoms with van der Waals surface area (Å²) in [6.45, 7) is 2.09. The van der Waals surface area contributed by atoms with E-state index in [0.717, 1.165) is 19.3 Å². The van der Waals surface area contributed by atoms with Gasteiger partial charge >= 0.3 is 7.52 Å². The van der Waals surface area contributed by atoms with Crippen LogP contribution in [0.15, 0.2) is 24.3 Å². The summed E-state index contributed by atoms with van der Waals surface area (Å²) in [6.07, 6.45) is 2.56. The monoisotopic (exact) mass is 342 g/mol. The highest BCUT2D eigenvalue weighted by atomic mass is 31.2. The minimum atomic E-state index is -3.39. The highest BCUT2D eigenvalue weighted by Crippen LogP contribution is 2.52. The molecule has 0 spiro atoms. The summed E-state index contributed by atoms with van der Waals surface area (Å²) >= 11 is 0. The van der Waals surface area contributed by atoms with Crippen LogP contribution in [-0.2, 0) is 13.9 Å². The van der Waals surface area contributed by atoms with Crippen molar-refractivity contribution in [3.63, 3.8) is 0 Å². The molecule has 1 fully saturated rings. The molecule has 2 rings (SSSR count). The Balaban J connectivity index is 2.39. The Morgan fingerprint density at radius 1 is 1.43 bits per heavy atom. The van der Waals surface area contributed by atoms with E-state index in [-0.39, 0.29) is 12.6 Å². The molecule has 0 radical (unpaired) electrons. The number of nitrogens with zero attached hydrogens (tertiary/aromatic N) is 1. The van der Waals surface area contributed by atoms with Crippen molar-refractivity contribution in [2.45, 2.75) is 32.2 Å². The standard InChI is InChI=1S/C15H23N2O5P/c1-12-5-3-4-10-22-23(20,17(12)11-15(18)16-19)14-8-6-13(21-2)7-9-14/h6-9,12,19H,3-5,10-11H2,1-2H3,(H,16,18). The summed E-state index contributed by atoms with van der Waals surface area (Å²) in [5.41, 5.74) is 1.60. The van der Waals surface area contributed by atoms with Gasteiger partial charge in [-0.1, -0.05) is 0 Å². The van der Waals surface area contributed by atoms with Crippen LogP contribution in [0.4, 0.5) is 0 Å². The zero-order valence-electron chi connectivity index (χ0n) is 13.4. The molecule has 2 unspecified atom stereocenters. The molecule has 1 aromatic rings. The van der Waals surface area contributed by atoms with Crippen molar-refractivity contribution in [1.29, 1.82) is 0 Å². The molecule has 0 bridgehead atoms. The lowest BCUT2D eigenvalue weighted by Crippen LogP contribution is -2.42. The van der Waals surface area contributed by atoms with E-state index in [2.05, 4.69) is 0 Å². The van der Waals surface area contributed by atoms with E-state index in [1.807, 2.05) is 6.92 Å². The lowest BCUT2D eigenvalue weighted by Gasteiger charge is -2.36. The molecule has 1 saturated heterocycles. The normalized spacial score (nSPS) is 26.1. The second kappa shape index (κ2) is 7.93. The van der Waals surface area contributed by atoms with Crippen molar-refractivity contribution in [2.75, 3.05) is 20.3 Å². The van der Waals surface area contributed by atoms with Crippen molar-refractivity contribution in [1.82, 2.24) is 10.2 Å². The average Bonchev–Trinajstić information content (AvgIpc) is 2.57. The number of hydrogen-bond acceptors (Lipinski definition) is 5. The molecular formula is C15H23N2O5P. The predicted octanol–water partition coefficient (Wildman–Crippen LogP) is 1.91. The molecule has 2 atom stereocenters. The first-order valence-electron chi connectivity index (χ1n) is 7.60. The number of nitrogens with one attached hydrogen (secondary N) is 1. The van der Waals surface area contributed by atoms with Gasteiger partial charge in [-0.3, -0.25) is 14.6 Å². The van der Waals surface area contributed by atoms with Gasteiger partial charge in [-0.25, -0.2) is 10.2 Å². The van der Waals surface area contributed by atoms with Crippen LogP contribution >= 0.6 is 7.52 Å². The van der Waals surface area contributed by atoms with Crippen LogP contribution in [-0.4, -0.2) is 42.1 Å². The maximum absolute atomic E-state index is 13.6. The first-order valence-corrected chi connectivity index (χ1v) is 9.18. The van der Waals surface area contributed by atoms with Crippen LogP contribution in [0.2, 0.25) is 0 Å². The quantitative estimate of drug-likeness (QED) is 0.494. The summed E-state index contributed by atoms with van der Waals surface area (Å²) in [4.78, 5) is 11.6. The van der Waals surface area contributed by atoms with Gasteiger partial charge in [0.15, 0.2) is 0 Å². The van der Waals surface area contributed by atoms with E-state index >= 15 is 0 Å². The van der Waals surface area contributed by atoms with E-state index in [9.17, 15) is 9.36 Å². The number of carbonyl (C=O) groups is 1. The summed E-state index contributed by atoms with van der Waals surface area (Å²) in [6, 6.07) is 6.70. The Morgan fingerprint density at radius 3 is 2.74 bits per heavy atom. The molecule has 7 nitrogen and oxygen atoms in total. The lowest BCUT2D eigenvalue weighted by atomic mass is 10.1. The van der Waals surface area contributed by atoms with Crippen LogP contribution in [0.1, 0.15) is 26.2 Å². The first-order chi connectivity index (χ1) is 11.0. The van der Waals surface area contributed by atoms with Gasteiger partial charge in [-0.15, -0.1) is 0 Å². The fraction of sp³-hybridized carbons (Fsp3) is 0.533. The van der Waals surface area contributed by atoms with E-state index in [0.29, 0.717) is 17.7 Å². The lowest BCUT2D eigenvalue weighted by molar-refractivity contribution is -0.129. The zero-order valence-corrected chi connectivity index (χ0v) is 14.3. The Bertz CT molecular complexity index is 578. The molecule has 1 aromatic carbocycles. The maximum atomic E-state index is 13.6. The molecular weight excluding hydrogens is 319 g/mol. The number of benzene rings is 1. The highest BCUT2D eigenvalue weighted by molar-refractivity contribution is 7.64. The van der Waals surface area contributed by atoms with Gasteiger partial charge in [0.05, 0.1) is 25.6 Å². The largest absolute Gasteiger partial charge is 0.497 e. The van der Waals surface area contributed by atoms with Crippen LogP contribution in [0.3, 0.4) is 0 Å². The molecule has 23 heavy (non-hydrogen) atoms. The number of rotatable bonds is 4. The third-order valence-electron chi connectivity index (χ3n) is 3.96. The van der Waals surface area contributed by atoms with Crippen LogP contribution in [0, 0.1) is 0 Å². The van der Waals surface area contributed by atoms with Crippen molar-refractivity contribution in [2.24, 2.45) is 0 Å². The number of amides is 1. The fourth-order valence-corrected chi connectivity index (χ4v) is 5.08. The Morgan fingerprint density at radius 2 is 2.13 bits per heavy atom. The molecule has 2 N–H and O–H groups in total. The molecule has 128 valence electrons. The number of ether oxygens (including phenoxy) is 1. The van der Waals surface area contributed by atoms with Gasteiger partial charge in [-0.2, -0.15) is 0 Å². The fourth-order valence-electron chi connectivity index (χ4n) is 2.64. The summed E-state index contributed by atoms with van der Waals surface area (Å²) in [7, 11) is -1.84. The number of carbonyl (C=O) groups excluding carboxylic acids is 1. The smallest absolute Gasteiger partial charge is 0.303 e. The number of hydrogen-bond donors (Lipinski definition) is 2. The Hall–Kier alpha value is -1.40. The van der Waals surface area contributed by atoms with Crippen LogP contribution in [0.25, 0.3) is 0 Å². The SMILES string of the molecule is COc1ccc(P2(=O)OCCCCC(C)N2CC(=O)NO)cc1. The van der Waals surface area contributed by atoms with Gasteiger partial charge < -0.3 is 9.26 Å². The number of hydroxylamine groups is 1. The van der Waals surface area contributed by atoms with Crippen LogP contribution < -0.4 is 15.5 Å². The highest BCUT2D eigenvalue weighted by Gasteiger charge is 2.39. The molecule has 1 aliphatic heterocycles. The average molecular weight is 342 g/mol. The summed E-state index contributed by atoms with van der Waals surface area (Å²) < 4.78 is 26.0. The van der Waals surface area contributed by atoms with E-state index in [1.165, 1.54) is 0 Å². The maximum Gasteiger partial charge on any atom is 0.303 e. The van der Waals surface area contributed by atoms with Crippen LogP contribution in [0.5, 0.6) is 5.75 Å². The number of methoxy groups -OCH3 is 1. The third-order valence-corrected chi connectivity index (χ3v) is 6.65. The Kier molecular flexibility index (Phi) is 6.18. The molecule has 1 heterocycles. The van der Waals surface area contributed by atoms with Crippen molar-refractivity contribution >= 4 is 18.7 Å². The third kappa shape index (κ3) is 4.12. The second-order valence-electron chi connectivity index (χ2n) is 5.53. The van der Waals surface area contributed by atoms with Gasteiger partial charge in [0.1, 0.15) is 5.75 Å². The van der Waals surface area contributed by atoms with E-state index < -0.39 is 13.4 Å². The molecule has 0 aliphatic carbocycles. The van der Waals surface area contributed by atoms with Crippen molar-refractivity contribution < 1.29 is 23.8 Å². The van der Waals surface area contributed by atoms with Crippen molar-refractivity contribution in [3.8, 4) is 5.75 Å². The zero-order chi connectivity index (χ0) is 16.9. The van der Waals surface area contributed by atoms with Gasteiger partial charge in [-0.05, 0) is 50.5 Å². The molecule has 0 aromatic heterocycles. The topological polar surface area (TPSA) is 88.1 Å². The van der Waals surface area contributed by atoms with Crippen molar-refractivity contribution in [3.05, 3.63) is 24.3 Å². The minimum absolute atomic E-state index is 0.111. The molecule has 8 heteroatoms. The van der Waals surface area contributed by atoms with E-state index in [1.54, 1.807) is 41.5 Å². The Labute approximate surface area is 136 Å². The molecule has 0 saturated carbocycles. The minimum Gasteiger partial charge on any atom is -0.497 e. The first kappa shape index (κ1) is 17.9. The summed E-state index contributed by atoms with van der Waals surface area (Å²) in [5.74, 6) is 0.0369.